The molecule has 82 heavy (non-hydrogen) atoms. The van der Waals surface area contributed by atoms with Gasteiger partial charge in [0.15, 0.2) is 0 Å². The molecule has 9 aromatic rings. The Morgan fingerprint density at radius 3 is 1.89 bits per heavy atom. The molecule has 1 fully saturated rings. The number of anilines is 6. The predicted molar refractivity (Wildman–Crippen MR) is 349 cm³/mol. The van der Waals surface area contributed by atoms with E-state index in [0.29, 0.717) is 5.92 Å². The minimum Gasteiger partial charge on any atom is -0.456 e. The predicted octanol–water partition coefficient (Wildman–Crippen LogP) is 19.6. The molecule has 1 aromatic heterocycles. The number of hydrogen-bond donors (Lipinski definition) is 0. The molecule has 0 bridgehead atoms. The van der Waals surface area contributed by atoms with Gasteiger partial charge in [-0.15, -0.1) is 0 Å². The van der Waals surface area contributed by atoms with Crippen molar-refractivity contribution in [2.45, 2.75) is 187 Å². The number of para-hydroxylation sites is 1. The number of aryl methyl sites for hydroxylation is 1. The van der Waals surface area contributed by atoms with E-state index >= 15 is 0 Å². The van der Waals surface area contributed by atoms with E-state index in [4.69, 9.17) is 4.42 Å². The van der Waals surface area contributed by atoms with Crippen molar-refractivity contribution in [3.05, 3.63) is 196 Å². The van der Waals surface area contributed by atoms with Gasteiger partial charge in [-0.3, -0.25) is 0 Å². The van der Waals surface area contributed by atoms with E-state index in [2.05, 4.69) is 252 Å². The highest BCUT2D eigenvalue weighted by Gasteiger charge is 2.62. The van der Waals surface area contributed by atoms with E-state index in [1.807, 2.05) is 0 Å². The zero-order valence-electron chi connectivity index (χ0n) is 51.5. The third kappa shape index (κ3) is 7.21. The number of nitrogens with zero attached hydrogens (tertiary/aromatic N) is 2. The number of benzene rings is 8. The van der Waals surface area contributed by atoms with Crippen LogP contribution < -0.4 is 26.2 Å². The van der Waals surface area contributed by atoms with Crippen LogP contribution in [0.15, 0.2) is 150 Å². The van der Waals surface area contributed by atoms with Crippen LogP contribution >= 0.6 is 0 Å². The summed E-state index contributed by atoms with van der Waals surface area (Å²) in [5, 5.41) is 2.27. The van der Waals surface area contributed by atoms with Crippen molar-refractivity contribution >= 4 is 79.2 Å². The highest BCUT2D eigenvalue weighted by molar-refractivity contribution is 6.99. The normalized spacial score (nSPS) is 22.9. The Hall–Kier alpha value is -6.78. The molecule has 0 radical (unpaired) electrons. The zero-order chi connectivity index (χ0) is 57.0. The molecule has 414 valence electrons. The first-order valence-corrected chi connectivity index (χ1v) is 31.3. The number of hydrogen-bond acceptors (Lipinski definition) is 3. The third-order valence-corrected chi connectivity index (χ3v) is 22.8. The van der Waals surface area contributed by atoms with Crippen LogP contribution in [0.5, 0.6) is 0 Å². The maximum Gasteiger partial charge on any atom is 0.247 e. The van der Waals surface area contributed by atoms with Crippen LogP contribution in [0.4, 0.5) is 34.1 Å². The molecule has 4 heteroatoms. The Morgan fingerprint density at radius 1 is 0.524 bits per heavy atom. The highest BCUT2D eigenvalue weighted by atomic mass is 16.3. The SMILES string of the molecule is Cc1cc2c3c(c1)N(c1cc4c(cc1-c1ccccc1)C(C)(C)CCC4(C)C)c1cc(N(c4ccc5c(c4)C(C)(C)CCC5(C)C)c4cccc5oc6ccccc6c45)ccc1B3c1cc(C(C)(C)C)cc3c1C2C1(C)CCCCC31C. The fraction of sp³-hybridized carbons (Fsp3) is 0.385. The number of rotatable bonds is 5. The fourth-order valence-electron chi connectivity index (χ4n) is 17.6. The molecule has 0 saturated heterocycles. The molecule has 3 nitrogen and oxygen atoms in total. The molecule has 1 saturated carbocycles. The summed E-state index contributed by atoms with van der Waals surface area (Å²) < 4.78 is 6.76. The van der Waals surface area contributed by atoms with Gasteiger partial charge in [-0.2, -0.15) is 0 Å². The van der Waals surface area contributed by atoms with Crippen molar-refractivity contribution in [1.82, 2.24) is 0 Å². The second-order valence-corrected chi connectivity index (χ2v) is 30.6. The molecule has 2 aliphatic heterocycles. The molecular weight excluding hydrogens is 992 g/mol. The molecule has 6 aliphatic rings. The molecule has 3 heterocycles. The summed E-state index contributed by atoms with van der Waals surface area (Å²) in [6.45, 7) is 34.9. The first kappa shape index (κ1) is 52.1. The largest absolute Gasteiger partial charge is 0.456 e. The van der Waals surface area contributed by atoms with Crippen molar-refractivity contribution in [2.24, 2.45) is 5.41 Å². The van der Waals surface area contributed by atoms with Gasteiger partial charge >= 0.3 is 0 Å². The summed E-state index contributed by atoms with van der Waals surface area (Å²) in [6.07, 6.45) is 9.67. The maximum absolute atomic E-state index is 6.76. The summed E-state index contributed by atoms with van der Waals surface area (Å²) in [4.78, 5) is 5.39. The van der Waals surface area contributed by atoms with Gasteiger partial charge in [0.25, 0.3) is 0 Å². The highest BCUT2D eigenvalue weighted by Crippen LogP contribution is 2.68. The molecule has 3 unspecified atom stereocenters. The van der Waals surface area contributed by atoms with Gasteiger partial charge in [-0.05, 0) is 211 Å². The third-order valence-electron chi connectivity index (χ3n) is 22.8. The molecule has 4 aliphatic carbocycles. The lowest BCUT2D eigenvalue weighted by molar-refractivity contribution is 0.0925. The molecule has 0 N–H and O–H groups in total. The van der Waals surface area contributed by atoms with Crippen molar-refractivity contribution < 1.29 is 4.42 Å². The Morgan fingerprint density at radius 2 is 1.16 bits per heavy atom. The average Bonchev–Trinajstić information content (AvgIpc) is 1.50. The standard InChI is InChI=1S/C78H83BN2O/c1-47-39-54-70-69-59(77(13)33-20-21-34-78(70,77)14)41-49(72(2,3)4)42-61(69)79-60-32-30-51(44-64(60)81(65(40-47)71(54)79)63-46-58-57(75(9,10)37-38-76(58,11)12)45-53(63)48-23-16-15-17-24-48)80(50-29-31-55-56(43-50)74(7,8)36-35-73(55,5)6)62-26-22-28-67-68(62)52-25-18-19-27-66(52)82-67/h15-19,22-32,39-46,70H,20-21,33-38H2,1-14H3. The van der Waals surface area contributed by atoms with Crippen molar-refractivity contribution in [3.8, 4) is 11.1 Å². The van der Waals surface area contributed by atoms with E-state index in [1.165, 1.54) is 116 Å². The molecule has 3 atom stereocenters. The maximum atomic E-state index is 6.76. The van der Waals surface area contributed by atoms with Gasteiger partial charge in [0.05, 0.1) is 16.8 Å². The topological polar surface area (TPSA) is 19.6 Å². The van der Waals surface area contributed by atoms with Crippen LogP contribution in [0.25, 0.3) is 33.1 Å². The van der Waals surface area contributed by atoms with Crippen LogP contribution in [-0.4, -0.2) is 6.71 Å². The summed E-state index contributed by atoms with van der Waals surface area (Å²) in [5.41, 5.74) is 29.8. The monoisotopic (exact) mass is 1070 g/mol. The van der Waals surface area contributed by atoms with Gasteiger partial charge in [0.1, 0.15) is 11.2 Å². The second kappa shape index (κ2) is 17.2. The van der Waals surface area contributed by atoms with Crippen LogP contribution in [0.1, 0.15) is 197 Å². The van der Waals surface area contributed by atoms with E-state index in [1.54, 1.807) is 16.7 Å². The lowest BCUT2D eigenvalue weighted by Crippen LogP contribution is -2.62. The summed E-state index contributed by atoms with van der Waals surface area (Å²) in [7, 11) is 0. The Kier molecular flexibility index (Phi) is 10.9. The van der Waals surface area contributed by atoms with Crippen molar-refractivity contribution in [1.29, 1.82) is 0 Å². The fourth-order valence-corrected chi connectivity index (χ4v) is 17.6. The van der Waals surface area contributed by atoms with Gasteiger partial charge in [-0.25, -0.2) is 0 Å². The minimum atomic E-state index is -0.0272. The van der Waals surface area contributed by atoms with Crippen molar-refractivity contribution in [2.75, 3.05) is 9.80 Å². The van der Waals surface area contributed by atoms with Crippen LogP contribution in [0.3, 0.4) is 0 Å². The molecule has 8 aromatic carbocycles. The Labute approximate surface area is 489 Å². The Balaban J connectivity index is 1.08. The average molecular weight is 1080 g/mol. The van der Waals surface area contributed by atoms with E-state index in [-0.39, 0.29) is 44.6 Å². The first-order chi connectivity index (χ1) is 38.9. The summed E-state index contributed by atoms with van der Waals surface area (Å²) >= 11 is 0. The van der Waals surface area contributed by atoms with E-state index in [0.717, 1.165) is 52.6 Å². The smallest absolute Gasteiger partial charge is 0.247 e. The lowest BCUT2D eigenvalue weighted by Gasteiger charge is -2.51. The molecule has 15 rings (SSSR count). The van der Waals surface area contributed by atoms with Crippen LogP contribution in [0.2, 0.25) is 0 Å². The van der Waals surface area contributed by atoms with Gasteiger partial charge in [-0.1, -0.05) is 193 Å². The number of furan rings is 1. The lowest BCUT2D eigenvalue weighted by atomic mass is 9.30. The molecule has 0 spiro atoms. The van der Waals surface area contributed by atoms with Gasteiger partial charge in [0.2, 0.25) is 6.71 Å². The zero-order valence-corrected chi connectivity index (χ0v) is 51.5. The van der Waals surface area contributed by atoms with Gasteiger partial charge < -0.3 is 14.2 Å². The quantitative estimate of drug-likeness (QED) is 0.160. The Bertz CT molecular complexity index is 4180. The minimum absolute atomic E-state index is 0.00985. The molecule has 0 amide bonds. The summed E-state index contributed by atoms with van der Waals surface area (Å²) in [5.74, 6) is 0.306. The van der Waals surface area contributed by atoms with Crippen LogP contribution in [0, 0.1) is 12.3 Å². The van der Waals surface area contributed by atoms with Gasteiger partial charge in [0, 0.05) is 39.6 Å². The van der Waals surface area contributed by atoms with E-state index < -0.39 is 0 Å². The molecular formula is C78H83BN2O. The first-order valence-electron chi connectivity index (χ1n) is 31.3. The second-order valence-electron chi connectivity index (χ2n) is 30.6. The van der Waals surface area contributed by atoms with Crippen molar-refractivity contribution in [3.63, 3.8) is 0 Å². The number of fused-ring (bicyclic) bond motifs is 12. The van der Waals surface area contributed by atoms with Crippen LogP contribution in [-0.2, 0) is 32.5 Å². The van der Waals surface area contributed by atoms with E-state index in [9.17, 15) is 0 Å². The summed E-state index contributed by atoms with van der Waals surface area (Å²) in [6, 6.07) is 57.8.